The van der Waals surface area contributed by atoms with Crippen molar-refractivity contribution in [2.24, 2.45) is 5.14 Å². The van der Waals surface area contributed by atoms with Crippen LogP contribution in [-0.2, 0) is 10.0 Å². The number of rotatable bonds is 4. The van der Waals surface area contributed by atoms with Gasteiger partial charge in [0.2, 0.25) is 16.5 Å². The lowest BCUT2D eigenvalue weighted by atomic mass is 10.4. The lowest BCUT2D eigenvalue weighted by Gasteiger charge is -2.12. The van der Waals surface area contributed by atoms with Gasteiger partial charge >= 0.3 is 12.0 Å². The Morgan fingerprint density at radius 1 is 1.45 bits per heavy atom. The Morgan fingerprint density at radius 3 is 2.35 bits per heavy atom. The number of nitrogens with zero attached hydrogens (tertiary/aromatic N) is 2. The van der Waals surface area contributed by atoms with Gasteiger partial charge in [-0.3, -0.25) is 10.1 Å². The summed E-state index contributed by atoms with van der Waals surface area (Å²) < 4.78 is 66.7. The molecule has 1 aromatic heterocycles. The van der Waals surface area contributed by atoms with Crippen LogP contribution in [0.3, 0.4) is 0 Å². The van der Waals surface area contributed by atoms with E-state index in [0.717, 1.165) is 7.11 Å². The molecule has 112 valence electrons. The van der Waals surface area contributed by atoms with Crippen molar-refractivity contribution >= 4 is 15.7 Å². The molecule has 9 nitrogen and oxygen atoms in total. The van der Waals surface area contributed by atoms with Gasteiger partial charge in [-0.25, -0.2) is 18.5 Å². The molecule has 0 atom stereocenters. The molecule has 0 bridgehead atoms. The molecular weight excluding hydrogens is 311 g/mol. The van der Waals surface area contributed by atoms with Crippen molar-refractivity contribution < 1.29 is 36.0 Å². The van der Waals surface area contributed by atoms with Gasteiger partial charge in [0.1, 0.15) is 0 Å². The van der Waals surface area contributed by atoms with E-state index in [1.165, 1.54) is 0 Å². The second-order valence-corrected chi connectivity index (χ2v) is 4.66. The number of aromatic nitrogens is 1. The monoisotopic (exact) mass is 317 g/mol. The van der Waals surface area contributed by atoms with Gasteiger partial charge in [-0.05, 0) is 0 Å². The van der Waals surface area contributed by atoms with Crippen LogP contribution in [0.25, 0.3) is 0 Å². The Bertz CT molecular complexity index is 644. The lowest BCUT2D eigenvalue weighted by Crippen LogP contribution is -2.21. The first-order valence-corrected chi connectivity index (χ1v) is 6.02. The zero-order valence-corrected chi connectivity index (χ0v) is 10.4. The number of sulfonamides is 1. The molecule has 13 heteroatoms. The van der Waals surface area contributed by atoms with Crippen molar-refractivity contribution in [3.05, 3.63) is 16.3 Å². The fourth-order valence-corrected chi connectivity index (χ4v) is 2.05. The predicted octanol–water partition coefficient (Wildman–Crippen LogP) is 0.544. The van der Waals surface area contributed by atoms with Gasteiger partial charge in [0.05, 0.1) is 18.2 Å². The maximum atomic E-state index is 12.1. The molecule has 0 unspecified atom stereocenters. The highest BCUT2D eigenvalue weighted by atomic mass is 32.2. The average Bonchev–Trinajstić information content (AvgIpc) is 2.24. The van der Waals surface area contributed by atoms with E-state index < -0.39 is 43.5 Å². The Hall–Kier alpha value is -2.15. The first-order chi connectivity index (χ1) is 8.97. The number of nitrogens with two attached hydrogens (primary N) is 1. The van der Waals surface area contributed by atoms with Crippen LogP contribution in [0.4, 0.5) is 18.9 Å². The normalized spacial score (nSPS) is 12.1. The molecular formula is C7H6F3N3O6S. The number of pyridine rings is 1. The third kappa shape index (κ3) is 3.45. The highest BCUT2D eigenvalue weighted by Gasteiger charge is 2.39. The fourth-order valence-electron chi connectivity index (χ4n) is 1.22. The minimum Gasteiger partial charge on any atom is -0.480 e. The zero-order chi connectivity index (χ0) is 15.7. The molecule has 0 aliphatic carbocycles. The van der Waals surface area contributed by atoms with Gasteiger partial charge in [-0.15, -0.1) is 13.2 Å². The van der Waals surface area contributed by atoms with Crippen LogP contribution in [0.2, 0.25) is 0 Å². The zero-order valence-electron chi connectivity index (χ0n) is 9.54. The maximum absolute atomic E-state index is 12.1. The number of hydrogen-bond donors (Lipinski definition) is 1. The van der Waals surface area contributed by atoms with Crippen LogP contribution in [0.15, 0.2) is 11.1 Å². The number of alkyl halides is 3. The Labute approximate surface area is 109 Å². The van der Waals surface area contributed by atoms with E-state index >= 15 is 0 Å². The molecule has 0 fully saturated rings. The summed E-state index contributed by atoms with van der Waals surface area (Å²) in [4.78, 5) is 11.3. The summed E-state index contributed by atoms with van der Waals surface area (Å²) in [6.45, 7) is 0. The number of hydrogen-bond acceptors (Lipinski definition) is 7. The van der Waals surface area contributed by atoms with Crippen LogP contribution >= 0.6 is 0 Å². The Morgan fingerprint density at radius 2 is 2.00 bits per heavy atom. The van der Waals surface area contributed by atoms with E-state index in [9.17, 15) is 31.7 Å². The third-order valence-electron chi connectivity index (χ3n) is 1.83. The van der Waals surface area contributed by atoms with Crippen molar-refractivity contribution in [2.45, 2.75) is 11.3 Å². The molecule has 1 rings (SSSR count). The quantitative estimate of drug-likeness (QED) is 0.632. The van der Waals surface area contributed by atoms with E-state index in [-0.39, 0.29) is 0 Å². The smallest absolute Gasteiger partial charge is 0.480 e. The first kappa shape index (κ1) is 15.9. The summed E-state index contributed by atoms with van der Waals surface area (Å²) in [7, 11) is -3.87. The molecule has 0 radical (unpaired) electrons. The largest absolute Gasteiger partial charge is 0.573 e. The van der Waals surface area contributed by atoms with Gasteiger partial charge in [-0.1, -0.05) is 0 Å². The van der Waals surface area contributed by atoms with Crippen molar-refractivity contribution in [2.75, 3.05) is 7.11 Å². The standard InChI is InChI=1S/C7H6F3N3O6S/c1-18-6-5(20(11,16)17)4(13(14)15)3(2-12-6)19-7(8,9)10/h2H,1H3,(H2,11,16,17). The van der Waals surface area contributed by atoms with E-state index in [1.807, 2.05) is 0 Å². The molecule has 0 saturated carbocycles. The fraction of sp³-hybridized carbons (Fsp3) is 0.286. The van der Waals surface area contributed by atoms with Gasteiger partial charge in [-0.2, -0.15) is 0 Å². The van der Waals surface area contributed by atoms with Crippen molar-refractivity contribution in [1.29, 1.82) is 0 Å². The van der Waals surface area contributed by atoms with Gasteiger partial charge in [0, 0.05) is 0 Å². The molecule has 1 heterocycles. The summed E-state index contributed by atoms with van der Waals surface area (Å²) >= 11 is 0. The minimum atomic E-state index is -5.28. The first-order valence-electron chi connectivity index (χ1n) is 4.47. The highest BCUT2D eigenvalue weighted by Crippen LogP contribution is 2.40. The molecule has 0 aliphatic heterocycles. The summed E-state index contributed by atoms with van der Waals surface area (Å²) in [5.41, 5.74) is -1.52. The van der Waals surface area contributed by atoms with E-state index in [2.05, 4.69) is 14.5 Å². The number of primary sulfonamides is 1. The maximum Gasteiger partial charge on any atom is 0.573 e. The van der Waals surface area contributed by atoms with Crippen LogP contribution in [0.1, 0.15) is 0 Å². The van der Waals surface area contributed by atoms with E-state index in [0.29, 0.717) is 6.20 Å². The van der Waals surface area contributed by atoms with Crippen molar-refractivity contribution in [3.8, 4) is 11.6 Å². The summed E-state index contributed by atoms with van der Waals surface area (Å²) in [5, 5.41) is 15.5. The summed E-state index contributed by atoms with van der Waals surface area (Å²) in [6.07, 6.45) is -4.98. The number of halogens is 3. The molecule has 1 aromatic rings. The number of methoxy groups -OCH3 is 1. The molecule has 0 aliphatic rings. The molecule has 0 amide bonds. The van der Waals surface area contributed by atoms with Crippen LogP contribution < -0.4 is 14.6 Å². The Kier molecular flexibility index (Phi) is 4.04. The van der Waals surface area contributed by atoms with Crippen molar-refractivity contribution in [1.82, 2.24) is 4.98 Å². The number of nitro groups is 1. The minimum absolute atomic E-state index is 0.305. The summed E-state index contributed by atoms with van der Waals surface area (Å²) in [6, 6.07) is 0. The van der Waals surface area contributed by atoms with E-state index in [1.54, 1.807) is 0 Å². The van der Waals surface area contributed by atoms with E-state index in [4.69, 9.17) is 5.14 Å². The van der Waals surface area contributed by atoms with Crippen LogP contribution in [0, 0.1) is 10.1 Å². The second kappa shape index (κ2) is 5.09. The predicted molar refractivity (Wildman–Crippen MR) is 55.5 cm³/mol. The summed E-state index contributed by atoms with van der Waals surface area (Å²) in [5.74, 6) is -2.25. The van der Waals surface area contributed by atoms with Gasteiger partial charge in [0.15, 0.2) is 0 Å². The van der Waals surface area contributed by atoms with Gasteiger partial charge < -0.3 is 9.47 Å². The highest BCUT2D eigenvalue weighted by molar-refractivity contribution is 7.89. The van der Waals surface area contributed by atoms with Crippen LogP contribution in [-0.4, -0.2) is 31.8 Å². The van der Waals surface area contributed by atoms with Crippen molar-refractivity contribution in [3.63, 3.8) is 0 Å². The Balaban J connectivity index is 3.70. The molecule has 20 heavy (non-hydrogen) atoms. The van der Waals surface area contributed by atoms with Gasteiger partial charge in [0.25, 0.3) is 10.0 Å². The average molecular weight is 317 g/mol. The molecule has 0 spiro atoms. The molecule has 2 N–H and O–H groups in total. The molecule has 0 aromatic carbocycles. The second-order valence-electron chi connectivity index (χ2n) is 3.16. The lowest BCUT2D eigenvalue weighted by molar-refractivity contribution is -0.391. The SMILES string of the molecule is COc1ncc(OC(F)(F)F)c([N+](=O)[O-])c1S(N)(=O)=O. The number of ether oxygens (including phenoxy) is 2. The van der Waals surface area contributed by atoms with Crippen LogP contribution in [0.5, 0.6) is 11.6 Å². The topological polar surface area (TPSA) is 135 Å². The third-order valence-corrected chi connectivity index (χ3v) is 2.76. The molecule has 0 saturated heterocycles.